The van der Waals surface area contributed by atoms with Crippen molar-refractivity contribution in [2.24, 2.45) is 0 Å². The van der Waals surface area contributed by atoms with Gasteiger partial charge in [-0.2, -0.15) is 0 Å². The Morgan fingerprint density at radius 3 is 2.44 bits per heavy atom. The first-order valence-corrected chi connectivity index (χ1v) is 11.9. The van der Waals surface area contributed by atoms with Crippen LogP contribution in [0.1, 0.15) is 30.9 Å². The normalized spacial score (nSPS) is 17.1. The van der Waals surface area contributed by atoms with Crippen LogP contribution in [0.15, 0.2) is 48.2 Å². The topological polar surface area (TPSA) is 62.3 Å². The van der Waals surface area contributed by atoms with Crippen molar-refractivity contribution in [1.29, 1.82) is 0 Å². The van der Waals surface area contributed by atoms with E-state index in [0.29, 0.717) is 23.7 Å². The molecule has 8 heteroatoms. The summed E-state index contributed by atoms with van der Waals surface area (Å²) in [7, 11) is 1.32. The second-order valence-electron chi connectivity index (χ2n) is 8.28. The van der Waals surface area contributed by atoms with E-state index in [4.69, 9.17) is 21.7 Å². The molecule has 34 heavy (non-hydrogen) atoms. The minimum absolute atomic E-state index is 0.148. The van der Waals surface area contributed by atoms with Crippen molar-refractivity contribution in [3.05, 3.63) is 59.3 Å². The maximum atomic E-state index is 13.5. The number of hydrogen-bond acceptors (Lipinski definition) is 6. The molecule has 2 saturated heterocycles. The molecule has 0 radical (unpaired) electrons. The second-order valence-corrected chi connectivity index (χ2v) is 8.65. The molecule has 0 saturated carbocycles. The number of carbonyl (C=O) groups excluding carboxylic acids is 2. The lowest BCUT2D eigenvalue weighted by Crippen LogP contribution is -2.35. The summed E-state index contributed by atoms with van der Waals surface area (Å²) >= 11 is 5.63. The van der Waals surface area contributed by atoms with Crippen LogP contribution in [0.25, 0.3) is 6.08 Å². The van der Waals surface area contributed by atoms with E-state index in [1.807, 2.05) is 13.0 Å². The lowest BCUT2D eigenvalue weighted by Gasteiger charge is -2.21. The number of hydrogen-bond donors (Lipinski definition) is 0. The van der Waals surface area contributed by atoms with Crippen LogP contribution in [0.3, 0.4) is 0 Å². The van der Waals surface area contributed by atoms with E-state index in [0.717, 1.165) is 24.2 Å². The smallest absolute Gasteiger partial charge is 0.325 e. The fraction of sp³-hybridized carbons (Fsp3) is 0.346. The summed E-state index contributed by atoms with van der Waals surface area (Å²) in [4.78, 5) is 31.0. The SMILES string of the molecule is CCOc1ccc(N2C(=O)/C(=C/c3ccc(N4CCCC4)c(C)c3)N(CC(=O)OC)C2=S)cc1. The number of methoxy groups -OCH3 is 1. The van der Waals surface area contributed by atoms with E-state index in [2.05, 4.69) is 24.0 Å². The Morgan fingerprint density at radius 1 is 1.12 bits per heavy atom. The number of thiocarbonyl (C=S) groups is 1. The maximum absolute atomic E-state index is 13.5. The van der Waals surface area contributed by atoms with Crippen LogP contribution in [0.4, 0.5) is 11.4 Å². The summed E-state index contributed by atoms with van der Waals surface area (Å²) in [6, 6.07) is 13.3. The van der Waals surface area contributed by atoms with Crippen molar-refractivity contribution in [1.82, 2.24) is 4.90 Å². The van der Waals surface area contributed by atoms with Crippen LogP contribution in [0, 0.1) is 6.92 Å². The molecular formula is C26H29N3O4S. The highest BCUT2D eigenvalue weighted by Gasteiger charge is 2.40. The molecule has 0 N–H and O–H groups in total. The molecule has 2 aromatic carbocycles. The summed E-state index contributed by atoms with van der Waals surface area (Å²) in [5.74, 6) is -0.0611. The lowest BCUT2D eigenvalue weighted by atomic mass is 10.1. The molecule has 0 bridgehead atoms. The zero-order chi connectivity index (χ0) is 24.2. The van der Waals surface area contributed by atoms with Gasteiger partial charge in [0.05, 0.1) is 19.4 Å². The Bertz CT molecular complexity index is 1120. The molecule has 7 nitrogen and oxygen atoms in total. The zero-order valence-electron chi connectivity index (χ0n) is 19.7. The molecule has 2 aliphatic rings. The molecule has 1 amide bonds. The van der Waals surface area contributed by atoms with Gasteiger partial charge in [0, 0.05) is 18.8 Å². The van der Waals surface area contributed by atoms with Gasteiger partial charge in [-0.3, -0.25) is 14.5 Å². The largest absolute Gasteiger partial charge is 0.494 e. The average molecular weight is 480 g/mol. The average Bonchev–Trinajstić information content (AvgIpc) is 3.43. The number of rotatable bonds is 7. The first-order valence-electron chi connectivity index (χ1n) is 11.5. The molecule has 2 heterocycles. The predicted molar refractivity (Wildman–Crippen MR) is 137 cm³/mol. The molecule has 4 rings (SSSR count). The maximum Gasteiger partial charge on any atom is 0.325 e. The van der Waals surface area contributed by atoms with Crippen molar-refractivity contribution >= 4 is 46.7 Å². The first-order chi connectivity index (χ1) is 16.4. The molecule has 2 fully saturated rings. The quantitative estimate of drug-likeness (QED) is 0.336. The highest BCUT2D eigenvalue weighted by molar-refractivity contribution is 7.80. The predicted octanol–water partition coefficient (Wildman–Crippen LogP) is 4.14. The number of aryl methyl sites for hydroxylation is 1. The van der Waals surface area contributed by atoms with Gasteiger partial charge in [0.1, 0.15) is 18.0 Å². The number of benzene rings is 2. The van der Waals surface area contributed by atoms with Crippen molar-refractivity contribution in [2.75, 3.05) is 43.2 Å². The van der Waals surface area contributed by atoms with E-state index >= 15 is 0 Å². The fourth-order valence-corrected chi connectivity index (χ4v) is 4.70. The van der Waals surface area contributed by atoms with Gasteiger partial charge in [0.25, 0.3) is 5.91 Å². The van der Waals surface area contributed by atoms with Crippen LogP contribution in [-0.4, -0.2) is 55.2 Å². The summed E-state index contributed by atoms with van der Waals surface area (Å²) in [6.07, 6.45) is 4.20. The Morgan fingerprint density at radius 2 is 1.82 bits per heavy atom. The van der Waals surface area contributed by atoms with E-state index in [1.54, 1.807) is 30.3 Å². The Balaban J connectivity index is 1.67. The highest BCUT2D eigenvalue weighted by atomic mass is 32.1. The third kappa shape index (κ3) is 4.77. The molecule has 0 atom stereocenters. The molecule has 178 valence electrons. The number of esters is 1. The molecular weight excluding hydrogens is 450 g/mol. The first kappa shape index (κ1) is 23.8. The van der Waals surface area contributed by atoms with E-state index in [-0.39, 0.29) is 17.6 Å². The molecule has 2 aromatic rings. The van der Waals surface area contributed by atoms with Crippen LogP contribution >= 0.6 is 12.2 Å². The molecule has 0 aromatic heterocycles. The van der Waals surface area contributed by atoms with Crippen LogP contribution in [0.5, 0.6) is 5.75 Å². The van der Waals surface area contributed by atoms with Crippen LogP contribution in [0.2, 0.25) is 0 Å². The zero-order valence-corrected chi connectivity index (χ0v) is 20.6. The lowest BCUT2D eigenvalue weighted by molar-refractivity contribution is -0.140. The number of carbonyl (C=O) groups is 2. The Kier molecular flexibility index (Phi) is 7.17. The number of ether oxygens (including phenoxy) is 2. The van der Waals surface area contributed by atoms with Gasteiger partial charge in [-0.25, -0.2) is 0 Å². The van der Waals surface area contributed by atoms with E-state index in [9.17, 15) is 9.59 Å². The molecule has 0 unspecified atom stereocenters. The standard InChI is InChI=1S/C26H29N3O4S/c1-4-33-21-10-8-20(9-11-21)29-25(31)23(28(26(29)34)17-24(30)32-3)16-19-7-12-22(18(2)15-19)27-13-5-6-14-27/h7-12,15-16H,4-6,13-14,17H2,1-3H3/b23-16-. The Hall–Kier alpha value is -3.39. The van der Waals surface area contributed by atoms with Gasteiger partial charge in [-0.15, -0.1) is 0 Å². The number of nitrogens with zero attached hydrogens (tertiary/aromatic N) is 3. The van der Waals surface area contributed by atoms with Gasteiger partial charge >= 0.3 is 5.97 Å². The van der Waals surface area contributed by atoms with E-state index in [1.165, 1.54) is 35.4 Å². The fourth-order valence-electron chi connectivity index (χ4n) is 4.35. The third-order valence-electron chi connectivity index (χ3n) is 6.03. The number of amides is 1. The summed E-state index contributed by atoms with van der Waals surface area (Å²) < 4.78 is 10.4. The second kappa shape index (κ2) is 10.3. The summed E-state index contributed by atoms with van der Waals surface area (Å²) in [6.45, 7) is 6.53. The summed E-state index contributed by atoms with van der Waals surface area (Å²) in [5.41, 5.74) is 4.17. The van der Waals surface area contributed by atoms with E-state index < -0.39 is 5.97 Å². The monoisotopic (exact) mass is 479 g/mol. The number of anilines is 2. The van der Waals surface area contributed by atoms with Gasteiger partial charge in [-0.1, -0.05) is 6.07 Å². The van der Waals surface area contributed by atoms with Gasteiger partial charge in [0.15, 0.2) is 5.11 Å². The van der Waals surface area contributed by atoms with Crippen molar-refractivity contribution in [3.63, 3.8) is 0 Å². The minimum Gasteiger partial charge on any atom is -0.494 e. The minimum atomic E-state index is -0.477. The van der Waals surface area contributed by atoms with Crippen molar-refractivity contribution in [3.8, 4) is 5.75 Å². The highest BCUT2D eigenvalue weighted by Crippen LogP contribution is 2.31. The third-order valence-corrected chi connectivity index (χ3v) is 6.43. The van der Waals surface area contributed by atoms with Crippen LogP contribution < -0.4 is 14.5 Å². The Labute approximate surface area is 205 Å². The molecule has 0 aliphatic carbocycles. The van der Waals surface area contributed by atoms with Crippen molar-refractivity contribution < 1.29 is 19.1 Å². The van der Waals surface area contributed by atoms with Gasteiger partial charge < -0.3 is 19.3 Å². The van der Waals surface area contributed by atoms with Gasteiger partial charge in [-0.05, 0) is 92.5 Å². The summed E-state index contributed by atoms with van der Waals surface area (Å²) in [5, 5.41) is 0.233. The molecule has 0 spiro atoms. The molecule has 2 aliphatic heterocycles. The van der Waals surface area contributed by atoms with Gasteiger partial charge in [0.2, 0.25) is 0 Å². The van der Waals surface area contributed by atoms with Crippen molar-refractivity contribution in [2.45, 2.75) is 26.7 Å². The van der Waals surface area contributed by atoms with Crippen LogP contribution in [-0.2, 0) is 14.3 Å².